The van der Waals surface area contributed by atoms with Crippen molar-refractivity contribution in [1.29, 1.82) is 0 Å². The van der Waals surface area contributed by atoms with Gasteiger partial charge < -0.3 is 19.3 Å². The van der Waals surface area contributed by atoms with Gasteiger partial charge in [0, 0.05) is 20.6 Å². The average molecular weight is 735 g/mol. The molecule has 3 aromatic carbocycles. The minimum Gasteiger partial charge on any atom is -0.457 e. The van der Waals surface area contributed by atoms with Gasteiger partial charge in [-0.25, -0.2) is 19.3 Å². The van der Waals surface area contributed by atoms with Crippen molar-refractivity contribution >= 4 is 46.4 Å². The van der Waals surface area contributed by atoms with E-state index >= 15 is 0 Å². The van der Waals surface area contributed by atoms with Crippen molar-refractivity contribution in [1.82, 2.24) is 29.5 Å². The van der Waals surface area contributed by atoms with Crippen LogP contribution < -0.4 is 4.74 Å². The maximum Gasteiger partial charge on any atom is 0.217 e. The average Bonchev–Trinajstić information content (AvgIpc) is 3.82. The smallest absolute Gasteiger partial charge is 0.217 e. The van der Waals surface area contributed by atoms with Gasteiger partial charge in [-0.15, -0.1) is 0 Å². The molecule has 6 rings (SSSR count). The predicted octanol–water partition coefficient (Wildman–Crippen LogP) is 8.44. The number of hydrogen-bond donors (Lipinski definition) is 1. The highest BCUT2D eigenvalue weighted by molar-refractivity contribution is 6.35. The number of aliphatic hydroxyl groups is 1. The van der Waals surface area contributed by atoms with Gasteiger partial charge in [0.2, 0.25) is 5.79 Å². The molecule has 0 amide bonds. The summed E-state index contributed by atoms with van der Waals surface area (Å²) in [6.45, 7) is 8.73. The molecule has 2 aromatic heterocycles. The number of aliphatic hydroxyl groups excluding tert-OH is 1. The van der Waals surface area contributed by atoms with Crippen LogP contribution in [-0.2, 0) is 28.2 Å². The largest absolute Gasteiger partial charge is 0.457 e. The van der Waals surface area contributed by atoms with Crippen LogP contribution in [0.4, 0.5) is 0 Å². The van der Waals surface area contributed by atoms with Crippen molar-refractivity contribution in [3.05, 3.63) is 117 Å². The van der Waals surface area contributed by atoms with Gasteiger partial charge in [0.05, 0.1) is 29.9 Å². The van der Waals surface area contributed by atoms with Crippen molar-refractivity contribution in [2.75, 3.05) is 6.61 Å². The van der Waals surface area contributed by atoms with E-state index in [-0.39, 0.29) is 17.6 Å². The molecule has 0 saturated carbocycles. The number of benzene rings is 3. The molecule has 3 heterocycles. The summed E-state index contributed by atoms with van der Waals surface area (Å²) in [5, 5.41) is 21.3. The molecule has 0 bridgehead atoms. The number of rotatable bonds is 9. The van der Waals surface area contributed by atoms with Gasteiger partial charge in [-0.2, -0.15) is 10.2 Å². The van der Waals surface area contributed by atoms with E-state index < -0.39 is 11.9 Å². The third kappa shape index (κ3) is 9.06. The summed E-state index contributed by atoms with van der Waals surface area (Å²) in [5.74, 6) is 0.249. The summed E-state index contributed by atoms with van der Waals surface area (Å²) in [6.07, 6.45) is 6.06. The number of nitrogens with zero attached hydrogens (tertiary/aromatic N) is 6. The Kier molecular flexibility index (Phi) is 11.7. The Morgan fingerprint density at radius 1 is 0.896 bits per heavy atom. The van der Waals surface area contributed by atoms with Crippen LogP contribution in [0.1, 0.15) is 44.9 Å². The molecular weight excluding hydrogens is 698 g/mol. The highest BCUT2D eigenvalue weighted by Gasteiger charge is 2.44. The highest BCUT2D eigenvalue weighted by atomic mass is 35.5. The number of hydrogen-bond acceptors (Lipinski definition) is 8. The maximum atomic E-state index is 10.7. The monoisotopic (exact) mass is 732 g/mol. The van der Waals surface area contributed by atoms with Crippen LogP contribution in [0.2, 0.25) is 20.1 Å². The van der Waals surface area contributed by atoms with Crippen molar-refractivity contribution in [3.8, 4) is 11.5 Å². The molecule has 5 aromatic rings. The molecule has 10 nitrogen and oxygen atoms in total. The minimum atomic E-state index is -1.02. The molecule has 1 N–H and O–H groups in total. The molecule has 0 radical (unpaired) electrons. The summed E-state index contributed by atoms with van der Waals surface area (Å²) in [4.78, 5) is 7.95. The first-order chi connectivity index (χ1) is 22.8. The van der Waals surface area contributed by atoms with Gasteiger partial charge in [0.15, 0.2) is 0 Å². The first-order valence-corrected chi connectivity index (χ1v) is 16.7. The Bertz CT molecular complexity index is 1770. The third-order valence-corrected chi connectivity index (χ3v) is 8.80. The zero-order valence-electron chi connectivity index (χ0n) is 26.8. The molecule has 0 spiro atoms. The molecular formula is C34H36Cl4N6O4. The summed E-state index contributed by atoms with van der Waals surface area (Å²) < 4.78 is 21.3. The van der Waals surface area contributed by atoms with Gasteiger partial charge >= 0.3 is 0 Å². The van der Waals surface area contributed by atoms with E-state index in [1.54, 1.807) is 64.5 Å². The summed E-state index contributed by atoms with van der Waals surface area (Å²) in [6, 6.07) is 17.7. The molecule has 254 valence electrons. The van der Waals surface area contributed by atoms with Crippen molar-refractivity contribution in [3.63, 3.8) is 0 Å². The molecule has 1 saturated heterocycles. The first kappa shape index (κ1) is 36.1. The van der Waals surface area contributed by atoms with Gasteiger partial charge in [-0.3, -0.25) is 0 Å². The lowest BCUT2D eigenvalue weighted by atomic mass is 9.82. The lowest BCUT2D eigenvalue weighted by molar-refractivity contribution is -0.186. The van der Waals surface area contributed by atoms with Gasteiger partial charge in [-0.1, -0.05) is 73.2 Å². The quantitative estimate of drug-likeness (QED) is 0.161. The lowest BCUT2D eigenvalue weighted by Crippen LogP contribution is -2.37. The maximum absolute atomic E-state index is 10.7. The summed E-state index contributed by atoms with van der Waals surface area (Å²) in [5.41, 5.74) is 1.35. The summed E-state index contributed by atoms with van der Waals surface area (Å²) >= 11 is 24.6. The molecule has 0 aliphatic carbocycles. The fourth-order valence-corrected chi connectivity index (χ4v) is 6.14. The van der Waals surface area contributed by atoms with Crippen molar-refractivity contribution in [2.45, 2.75) is 64.7 Å². The van der Waals surface area contributed by atoms with Gasteiger partial charge in [-0.05, 0) is 78.9 Å². The molecule has 1 aliphatic heterocycles. The second-order valence-corrected chi connectivity index (χ2v) is 14.2. The normalized spacial score (nSPS) is 19.0. The van der Waals surface area contributed by atoms with E-state index in [0.29, 0.717) is 56.7 Å². The van der Waals surface area contributed by atoms with Gasteiger partial charge in [0.25, 0.3) is 0 Å². The first-order valence-electron chi connectivity index (χ1n) is 15.2. The molecule has 1 fully saturated rings. The van der Waals surface area contributed by atoms with Crippen LogP contribution in [0.25, 0.3) is 0 Å². The lowest BCUT2D eigenvalue weighted by Gasteiger charge is -2.33. The standard InChI is InChI=1S/C19H17Cl2N3O3.C15H19Cl2N3O/c1-13-9-25-19(27-13,10-24-12-22-11-23-24)17-7-6-16(8-18(17)21)26-15-4-2-14(20)3-5-15;1-15(2,3)14(21)13(20-9-18-8-19-20)6-10-4-5-11(16)7-12(10)17/h2-8,11-13H,9-10H2,1H3;4-5,7-9,13-14,21H,6H2,1-3H3. The van der Waals surface area contributed by atoms with Crippen molar-refractivity contribution in [2.24, 2.45) is 5.41 Å². The van der Waals surface area contributed by atoms with E-state index in [9.17, 15) is 5.11 Å². The zero-order chi connectivity index (χ0) is 34.5. The topological polar surface area (TPSA) is 109 Å². The Morgan fingerprint density at radius 2 is 1.58 bits per heavy atom. The Balaban J connectivity index is 0.000000194. The number of aromatic nitrogens is 6. The molecule has 1 aliphatic rings. The van der Waals surface area contributed by atoms with E-state index in [4.69, 9.17) is 60.6 Å². The van der Waals surface area contributed by atoms with Crippen LogP contribution in [-0.4, -0.2) is 53.5 Å². The van der Waals surface area contributed by atoms with E-state index in [1.807, 2.05) is 45.9 Å². The SMILES string of the molecule is CC(C)(C)C(O)C(Cc1ccc(Cl)cc1Cl)n1cncn1.CC1COC(Cn2cncn2)(c2ccc(Oc3ccc(Cl)cc3)cc2Cl)O1. The Hall–Kier alpha value is -3.22. The van der Waals surface area contributed by atoms with E-state index in [2.05, 4.69) is 20.2 Å². The Morgan fingerprint density at radius 3 is 2.17 bits per heavy atom. The van der Waals surface area contributed by atoms with Crippen LogP contribution in [0, 0.1) is 5.41 Å². The number of ether oxygens (including phenoxy) is 3. The highest BCUT2D eigenvalue weighted by Crippen LogP contribution is 2.41. The number of halogens is 4. The van der Waals surface area contributed by atoms with Crippen LogP contribution in [0.15, 0.2) is 86.0 Å². The fourth-order valence-electron chi connectivity index (χ4n) is 5.22. The second kappa shape index (κ2) is 15.6. The van der Waals surface area contributed by atoms with Gasteiger partial charge in [0.1, 0.15) is 43.4 Å². The summed E-state index contributed by atoms with van der Waals surface area (Å²) in [7, 11) is 0. The zero-order valence-corrected chi connectivity index (χ0v) is 29.8. The van der Waals surface area contributed by atoms with Crippen molar-refractivity contribution < 1.29 is 19.3 Å². The van der Waals surface area contributed by atoms with Crippen LogP contribution >= 0.6 is 46.4 Å². The van der Waals surface area contributed by atoms with Crippen LogP contribution in [0.3, 0.4) is 0 Å². The second-order valence-electron chi connectivity index (χ2n) is 12.5. The molecule has 48 heavy (non-hydrogen) atoms. The van der Waals surface area contributed by atoms with E-state index in [0.717, 1.165) is 5.56 Å². The molecule has 4 unspecified atom stereocenters. The Labute approximate surface area is 299 Å². The molecule has 14 heteroatoms. The predicted molar refractivity (Wildman–Crippen MR) is 186 cm³/mol. The minimum absolute atomic E-state index is 0.0606. The fraction of sp³-hybridized carbons (Fsp3) is 0.353. The third-order valence-electron chi connectivity index (χ3n) is 7.65. The van der Waals surface area contributed by atoms with E-state index in [1.165, 1.54) is 12.7 Å². The molecule has 4 atom stereocenters. The van der Waals surface area contributed by atoms with Crippen LogP contribution in [0.5, 0.6) is 11.5 Å².